The van der Waals surface area contributed by atoms with Crippen LogP contribution in [0.4, 0.5) is 4.39 Å². The number of rotatable bonds is 6. The topological polar surface area (TPSA) is 12.0 Å². The van der Waals surface area contributed by atoms with E-state index in [0.717, 1.165) is 24.1 Å². The average Bonchev–Trinajstić information content (AvgIpc) is 2.46. The van der Waals surface area contributed by atoms with Gasteiger partial charge in [0.25, 0.3) is 0 Å². The molecule has 1 aromatic rings. The summed E-state index contributed by atoms with van der Waals surface area (Å²) in [5.74, 6) is 2.63. The van der Waals surface area contributed by atoms with Gasteiger partial charge in [0.2, 0.25) is 0 Å². The van der Waals surface area contributed by atoms with Crippen LogP contribution in [0.2, 0.25) is 0 Å². The van der Waals surface area contributed by atoms with E-state index < -0.39 is 0 Å². The quantitative estimate of drug-likeness (QED) is 0.762. The Bertz CT molecular complexity index is 384. The summed E-state index contributed by atoms with van der Waals surface area (Å²) in [5.41, 5.74) is 0. The van der Waals surface area contributed by atoms with Gasteiger partial charge in [-0.3, -0.25) is 0 Å². The van der Waals surface area contributed by atoms with Crippen molar-refractivity contribution < 1.29 is 4.39 Å². The lowest BCUT2D eigenvalue weighted by molar-refractivity contribution is 0.243. The smallest absolute Gasteiger partial charge is 0.123 e. The Labute approximate surface area is 126 Å². The molecule has 20 heavy (non-hydrogen) atoms. The summed E-state index contributed by atoms with van der Waals surface area (Å²) in [4.78, 5) is 1.17. The highest BCUT2D eigenvalue weighted by Crippen LogP contribution is 2.32. The molecule has 3 heteroatoms. The first-order chi connectivity index (χ1) is 9.69. The van der Waals surface area contributed by atoms with E-state index in [1.54, 1.807) is 12.1 Å². The maximum Gasteiger partial charge on any atom is 0.123 e. The minimum Gasteiger partial charge on any atom is -0.313 e. The number of hydrogen-bond donors (Lipinski definition) is 1. The van der Waals surface area contributed by atoms with Gasteiger partial charge in [-0.05, 0) is 55.5 Å². The zero-order valence-electron chi connectivity index (χ0n) is 12.6. The van der Waals surface area contributed by atoms with Gasteiger partial charge in [-0.1, -0.05) is 26.7 Å². The van der Waals surface area contributed by atoms with Crippen LogP contribution in [0.5, 0.6) is 0 Å². The van der Waals surface area contributed by atoms with Gasteiger partial charge in [0, 0.05) is 16.7 Å². The molecule has 1 atom stereocenters. The van der Waals surface area contributed by atoms with Crippen LogP contribution in [-0.4, -0.2) is 18.3 Å². The Balaban J connectivity index is 1.87. The fourth-order valence-electron chi connectivity index (χ4n) is 3.03. The first-order valence-electron chi connectivity index (χ1n) is 7.80. The third-order valence-electron chi connectivity index (χ3n) is 4.34. The molecule has 1 saturated carbocycles. The van der Waals surface area contributed by atoms with Gasteiger partial charge in [-0.25, -0.2) is 4.39 Å². The number of nitrogens with one attached hydrogen (secondary N) is 1. The summed E-state index contributed by atoms with van der Waals surface area (Å²) in [7, 11) is 0. The summed E-state index contributed by atoms with van der Waals surface area (Å²) >= 11 is 1.84. The molecule has 112 valence electrons. The van der Waals surface area contributed by atoms with Crippen LogP contribution in [0.25, 0.3) is 0 Å². The molecule has 0 aromatic heterocycles. The average molecular weight is 295 g/mol. The molecule has 2 rings (SSSR count). The highest BCUT2D eigenvalue weighted by molar-refractivity contribution is 7.99. The van der Waals surface area contributed by atoms with Crippen molar-refractivity contribution in [2.75, 3.05) is 12.3 Å². The molecule has 1 nitrogen and oxygen atoms in total. The molecule has 0 heterocycles. The summed E-state index contributed by atoms with van der Waals surface area (Å²) in [6.45, 7) is 5.58. The molecule has 0 bridgehead atoms. The van der Waals surface area contributed by atoms with E-state index in [4.69, 9.17) is 0 Å². The minimum absolute atomic E-state index is 0.154. The van der Waals surface area contributed by atoms with Gasteiger partial charge in [0.1, 0.15) is 5.82 Å². The van der Waals surface area contributed by atoms with Crippen LogP contribution in [0, 0.1) is 17.7 Å². The van der Waals surface area contributed by atoms with Crippen LogP contribution < -0.4 is 5.32 Å². The summed E-state index contributed by atoms with van der Waals surface area (Å²) < 4.78 is 12.9. The third kappa shape index (κ3) is 4.78. The van der Waals surface area contributed by atoms with E-state index in [1.165, 1.54) is 30.6 Å². The van der Waals surface area contributed by atoms with Crippen molar-refractivity contribution in [1.29, 1.82) is 0 Å². The molecule has 0 spiro atoms. The molecule has 0 amide bonds. The lowest BCUT2D eigenvalue weighted by Gasteiger charge is -2.33. The standard InChI is InChI=1S/C17H26FNS/c1-3-19-17(14-6-4-13(2)5-7-14)12-20-16-10-8-15(18)9-11-16/h8-11,13-14,17,19H,3-7,12H2,1-2H3. The van der Waals surface area contributed by atoms with E-state index in [2.05, 4.69) is 19.2 Å². The van der Waals surface area contributed by atoms with Gasteiger partial charge in [0.05, 0.1) is 0 Å². The second-order valence-corrected chi connectivity index (χ2v) is 7.04. The van der Waals surface area contributed by atoms with Gasteiger partial charge in [-0.2, -0.15) is 0 Å². The molecule has 1 fully saturated rings. The van der Waals surface area contributed by atoms with Crippen LogP contribution >= 0.6 is 11.8 Å². The monoisotopic (exact) mass is 295 g/mol. The predicted octanol–water partition coefficient (Wildman–Crippen LogP) is 4.72. The highest BCUT2D eigenvalue weighted by Gasteiger charge is 2.25. The molecular weight excluding hydrogens is 269 g/mol. The second kappa shape index (κ2) is 8.04. The molecule has 0 saturated heterocycles. The zero-order valence-corrected chi connectivity index (χ0v) is 13.4. The first-order valence-corrected chi connectivity index (χ1v) is 8.79. The van der Waals surface area contributed by atoms with Crippen molar-refractivity contribution in [2.24, 2.45) is 11.8 Å². The fourth-order valence-corrected chi connectivity index (χ4v) is 4.12. The van der Waals surface area contributed by atoms with E-state index in [9.17, 15) is 4.39 Å². The maximum atomic E-state index is 12.9. The van der Waals surface area contributed by atoms with E-state index >= 15 is 0 Å². The Morgan fingerprint density at radius 3 is 2.45 bits per heavy atom. The van der Waals surface area contributed by atoms with Crippen molar-refractivity contribution in [1.82, 2.24) is 5.32 Å². The van der Waals surface area contributed by atoms with Crippen molar-refractivity contribution in [2.45, 2.75) is 50.5 Å². The van der Waals surface area contributed by atoms with Gasteiger partial charge < -0.3 is 5.32 Å². The number of thioether (sulfide) groups is 1. The Kier molecular flexibility index (Phi) is 6.37. The van der Waals surface area contributed by atoms with Crippen LogP contribution in [-0.2, 0) is 0 Å². The van der Waals surface area contributed by atoms with E-state index in [0.29, 0.717) is 6.04 Å². The molecule has 1 aliphatic rings. The largest absolute Gasteiger partial charge is 0.313 e. The number of hydrogen-bond acceptors (Lipinski definition) is 2. The fraction of sp³-hybridized carbons (Fsp3) is 0.647. The predicted molar refractivity (Wildman–Crippen MR) is 85.7 cm³/mol. The lowest BCUT2D eigenvalue weighted by Crippen LogP contribution is -2.39. The van der Waals surface area contributed by atoms with Crippen LogP contribution in [0.15, 0.2) is 29.2 Å². The first kappa shape index (κ1) is 15.8. The van der Waals surface area contributed by atoms with Crippen molar-refractivity contribution in [3.63, 3.8) is 0 Å². The summed E-state index contributed by atoms with van der Waals surface area (Å²) in [6, 6.07) is 7.44. The lowest BCUT2D eigenvalue weighted by atomic mass is 9.79. The van der Waals surface area contributed by atoms with Crippen molar-refractivity contribution in [3.8, 4) is 0 Å². The molecule has 1 aromatic carbocycles. The van der Waals surface area contributed by atoms with Gasteiger partial charge in [0.15, 0.2) is 0 Å². The van der Waals surface area contributed by atoms with Crippen LogP contribution in [0.3, 0.4) is 0 Å². The normalized spacial score (nSPS) is 24.6. The molecule has 1 unspecified atom stereocenters. The second-order valence-electron chi connectivity index (χ2n) is 5.95. The minimum atomic E-state index is -0.154. The summed E-state index contributed by atoms with van der Waals surface area (Å²) in [5, 5.41) is 3.65. The molecule has 0 radical (unpaired) electrons. The third-order valence-corrected chi connectivity index (χ3v) is 5.47. The molecular formula is C17H26FNS. The number of halogens is 1. The molecule has 0 aliphatic heterocycles. The van der Waals surface area contributed by atoms with E-state index in [1.807, 2.05) is 23.9 Å². The Morgan fingerprint density at radius 1 is 1.20 bits per heavy atom. The molecule has 1 aliphatic carbocycles. The zero-order chi connectivity index (χ0) is 14.4. The van der Waals surface area contributed by atoms with Crippen LogP contribution in [0.1, 0.15) is 39.5 Å². The van der Waals surface area contributed by atoms with E-state index in [-0.39, 0.29) is 5.82 Å². The summed E-state index contributed by atoms with van der Waals surface area (Å²) in [6.07, 6.45) is 5.44. The SMILES string of the molecule is CCNC(CSc1ccc(F)cc1)C1CCC(C)CC1. The maximum absolute atomic E-state index is 12.9. The van der Waals surface area contributed by atoms with Gasteiger partial charge >= 0.3 is 0 Å². The van der Waals surface area contributed by atoms with Crippen molar-refractivity contribution in [3.05, 3.63) is 30.1 Å². The Morgan fingerprint density at radius 2 is 1.85 bits per heavy atom. The number of benzene rings is 1. The highest BCUT2D eigenvalue weighted by atomic mass is 32.2. The van der Waals surface area contributed by atoms with Crippen molar-refractivity contribution >= 4 is 11.8 Å². The molecule has 1 N–H and O–H groups in total. The Hall–Kier alpha value is -0.540. The van der Waals surface area contributed by atoms with Gasteiger partial charge in [-0.15, -0.1) is 11.8 Å².